The molecule has 126 valence electrons. The second kappa shape index (κ2) is 6.49. The van der Waals surface area contributed by atoms with Crippen molar-refractivity contribution in [2.75, 3.05) is 17.4 Å². The van der Waals surface area contributed by atoms with E-state index in [-0.39, 0.29) is 6.79 Å². The standard InChI is InChI=1S/C18H15ClN4O2/c1-11-2-4-12(5-3-11)21-18-20-9-8-15(23-18)22-16-13(19)6-7-14-17(16)25-10-24-14/h2-9H,10H2,1H3,(H2,20,21,22,23). The third kappa shape index (κ3) is 3.29. The molecule has 0 radical (unpaired) electrons. The van der Waals surface area contributed by atoms with Crippen LogP contribution in [0.5, 0.6) is 11.5 Å². The van der Waals surface area contributed by atoms with Crippen LogP contribution in [0.15, 0.2) is 48.7 Å². The van der Waals surface area contributed by atoms with E-state index < -0.39 is 0 Å². The van der Waals surface area contributed by atoms with Crippen LogP contribution in [0.1, 0.15) is 5.56 Å². The van der Waals surface area contributed by atoms with E-state index in [0.29, 0.717) is 34.0 Å². The number of hydrogen-bond donors (Lipinski definition) is 2. The zero-order valence-electron chi connectivity index (χ0n) is 13.4. The Balaban J connectivity index is 1.58. The summed E-state index contributed by atoms with van der Waals surface area (Å²) in [4.78, 5) is 8.71. The van der Waals surface area contributed by atoms with E-state index in [1.807, 2.05) is 31.2 Å². The Morgan fingerprint density at radius 3 is 2.68 bits per heavy atom. The Morgan fingerprint density at radius 1 is 1.00 bits per heavy atom. The second-order valence-electron chi connectivity index (χ2n) is 5.54. The molecule has 25 heavy (non-hydrogen) atoms. The van der Waals surface area contributed by atoms with Crippen molar-refractivity contribution in [1.82, 2.24) is 9.97 Å². The maximum absolute atomic E-state index is 6.29. The second-order valence-corrected chi connectivity index (χ2v) is 5.94. The molecule has 0 bridgehead atoms. The molecular weight excluding hydrogens is 340 g/mol. The molecule has 0 unspecified atom stereocenters. The Morgan fingerprint density at radius 2 is 1.84 bits per heavy atom. The van der Waals surface area contributed by atoms with Gasteiger partial charge in [-0.2, -0.15) is 4.98 Å². The first-order valence-electron chi connectivity index (χ1n) is 7.71. The van der Waals surface area contributed by atoms with Crippen LogP contribution in [-0.2, 0) is 0 Å². The molecular formula is C18H15ClN4O2. The van der Waals surface area contributed by atoms with Crippen LogP contribution in [-0.4, -0.2) is 16.8 Å². The smallest absolute Gasteiger partial charge is 0.231 e. The van der Waals surface area contributed by atoms with Crippen LogP contribution in [0, 0.1) is 6.92 Å². The highest BCUT2D eigenvalue weighted by atomic mass is 35.5. The summed E-state index contributed by atoms with van der Waals surface area (Å²) in [5.41, 5.74) is 2.73. The van der Waals surface area contributed by atoms with Gasteiger partial charge in [0.15, 0.2) is 11.5 Å². The van der Waals surface area contributed by atoms with Crippen molar-refractivity contribution in [2.24, 2.45) is 0 Å². The van der Waals surface area contributed by atoms with Gasteiger partial charge in [-0.05, 0) is 37.3 Å². The molecule has 0 fully saturated rings. The molecule has 3 aromatic rings. The maximum Gasteiger partial charge on any atom is 0.231 e. The fourth-order valence-corrected chi connectivity index (χ4v) is 2.64. The number of nitrogens with zero attached hydrogens (tertiary/aromatic N) is 2. The molecule has 0 spiro atoms. The van der Waals surface area contributed by atoms with Crippen molar-refractivity contribution in [3.05, 3.63) is 59.2 Å². The third-order valence-corrected chi connectivity index (χ3v) is 4.02. The van der Waals surface area contributed by atoms with Gasteiger partial charge in [-0.1, -0.05) is 29.3 Å². The van der Waals surface area contributed by atoms with Gasteiger partial charge >= 0.3 is 0 Å². The van der Waals surface area contributed by atoms with Crippen LogP contribution in [0.25, 0.3) is 0 Å². The molecule has 7 heteroatoms. The van der Waals surface area contributed by atoms with Crippen LogP contribution in [0.2, 0.25) is 5.02 Å². The zero-order valence-corrected chi connectivity index (χ0v) is 14.2. The Bertz CT molecular complexity index is 915. The van der Waals surface area contributed by atoms with Crippen molar-refractivity contribution in [1.29, 1.82) is 0 Å². The minimum atomic E-state index is 0.175. The molecule has 0 amide bonds. The number of aromatic nitrogens is 2. The van der Waals surface area contributed by atoms with Crippen molar-refractivity contribution >= 4 is 34.7 Å². The lowest BCUT2D eigenvalue weighted by atomic mass is 10.2. The van der Waals surface area contributed by atoms with E-state index in [9.17, 15) is 0 Å². The summed E-state index contributed by atoms with van der Waals surface area (Å²) in [5.74, 6) is 2.31. The topological polar surface area (TPSA) is 68.3 Å². The lowest BCUT2D eigenvalue weighted by Crippen LogP contribution is -2.01. The Labute approximate surface area is 149 Å². The zero-order chi connectivity index (χ0) is 17.2. The van der Waals surface area contributed by atoms with Crippen LogP contribution < -0.4 is 20.1 Å². The number of aryl methyl sites for hydroxylation is 1. The monoisotopic (exact) mass is 354 g/mol. The minimum Gasteiger partial charge on any atom is -0.454 e. The molecule has 0 saturated carbocycles. The number of nitrogens with one attached hydrogen (secondary N) is 2. The molecule has 2 aromatic carbocycles. The highest BCUT2D eigenvalue weighted by Gasteiger charge is 2.20. The average Bonchev–Trinajstić information content (AvgIpc) is 3.09. The van der Waals surface area contributed by atoms with E-state index >= 15 is 0 Å². The normalized spacial score (nSPS) is 12.1. The van der Waals surface area contributed by atoms with Crippen molar-refractivity contribution in [3.8, 4) is 11.5 Å². The molecule has 1 aliphatic heterocycles. The SMILES string of the molecule is Cc1ccc(Nc2nccc(Nc3c(Cl)ccc4c3OCO4)n2)cc1. The van der Waals surface area contributed by atoms with Crippen molar-refractivity contribution in [2.45, 2.75) is 6.92 Å². The summed E-state index contributed by atoms with van der Waals surface area (Å²) in [6.45, 7) is 2.22. The molecule has 0 saturated heterocycles. The van der Waals surface area contributed by atoms with Crippen molar-refractivity contribution in [3.63, 3.8) is 0 Å². The largest absolute Gasteiger partial charge is 0.454 e. The first-order chi connectivity index (χ1) is 12.2. The lowest BCUT2D eigenvalue weighted by molar-refractivity contribution is 0.174. The van der Waals surface area contributed by atoms with Gasteiger partial charge in [0.2, 0.25) is 12.7 Å². The number of hydrogen-bond acceptors (Lipinski definition) is 6. The predicted octanol–water partition coefficient (Wildman–Crippen LogP) is 4.65. The van der Waals surface area contributed by atoms with E-state index in [4.69, 9.17) is 21.1 Å². The molecule has 4 rings (SSSR count). The maximum atomic E-state index is 6.29. The average molecular weight is 355 g/mol. The number of rotatable bonds is 4. The molecule has 0 aliphatic carbocycles. The Kier molecular flexibility index (Phi) is 4.03. The Hall–Kier alpha value is -2.99. The quantitative estimate of drug-likeness (QED) is 0.710. The third-order valence-electron chi connectivity index (χ3n) is 3.70. The summed E-state index contributed by atoms with van der Waals surface area (Å²) in [5, 5.41) is 6.88. The van der Waals surface area contributed by atoms with Gasteiger partial charge in [-0.3, -0.25) is 0 Å². The van der Waals surface area contributed by atoms with Gasteiger partial charge in [0, 0.05) is 11.9 Å². The molecule has 1 aromatic heterocycles. The fraction of sp³-hybridized carbons (Fsp3) is 0.111. The number of fused-ring (bicyclic) bond motifs is 1. The highest BCUT2D eigenvalue weighted by molar-refractivity contribution is 6.33. The number of benzene rings is 2. The minimum absolute atomic E-state index is 0.175. The van der Waals surface area contributed by atoms with Crippen molar-refractivity contribution < 1.29 is 9.47 Å². The molecule has 6 nitrogen and oxygen atoms in total. The molecule has 2 heterocycles. The number of halogens is 1. The lowest BCUT2D eigenvalue weighted by Gasteiger charge is -2.11. The van der Waals surface area contributed by atoms with E-state index in [0.717, 1.165) is 5.69 Å². The van der Waals surface area contributed by atoms with Gasteiger partial charge in [0.05, 0.1) is 5.02 Å². The number of anilines is 4. The van der Waals surface area contributed by atoms with Gasteiger partial charge < -0.3 is 20.1 Å². The summed E-state index contributed by atoms with van der Waals surface area (Å²) in [6.07, 6.45) is 1.67. The molecule has 1 aliphatic rings. The summed E-state index contributed by atoms with van der Waals surface area (Å²) >= 11 is 6.29. The molecule has 0 atom stereocenters. The summed E-state index contributed by atoms with van der Waals surface area (Å²) in [6, 6.07) is 13.3. The number of ether oxygens (including phenoxy) is 2. The van der Waals surface area contributed by atoms with E-state index in [2.05, 4.69) is 20.6 Å². The van der Waals surface area contributed by atoms with Gasteiger partial charge in [-0.25, -0.2) is 4.98 Å². The van der Waals surface area contributed by atoms with Gasteiger partial charge in [-0.15, -0.1) is 0 Å². The fourth-order valence-electron chi connectivity index (χ4n) is 2.45. The van der Waals surface area contributed by atoms with E-state index in [1.54, 1.807) is 24.4 Å². The van der Waals surface area contributed by atoms with Crippen LogP contribution in [0.4, 0.5) is 23.1 Å². The highest BCUT2D eigenvalue weighted by Crippen LogP contribution is 2.44. The first kappa shape index (κ1) is 15.5. The van der Waals surface area contributed by atoms with Crippen LogP contribution >= 0.6 is 11.6 Å². The summed E-state index contributed by atoms with van der Waals surface area (Å²) in [7, 11) is 0. The van der Waals surface area contributed by atoms with Crippen LogP contribution in [0.3, 0.4) is 0 Å². The first-order valence-corrected chi connectivity index (χ1v) is 8.09. The van der Waals surface area contributed by atoms with Gasteiger partial charge in [0.1, 0.15) is 11.5 Å². The van der Waals surface area contributed by atoms with E-state index in [1.165, 1.54) is 5.56 Å². The summed E-state index contributed by atoms with van der Waals surface area (Å²) < 4.78 is 10.9. The molecule has 2 N–H and O–H groups in total. The predicted molar refractivity (Wildman–Crippen MR) is 97.4 cm³/mol. The van der Waals surface area contributed by atoms with Gasteiger partial charge in [0.25, 0.3) is 0 Å².